The Balaban J connectivity index is 1.56. The molecule has 150 valence electrons. The largest absolute Gasteiger partial charge is 0.325 e. The van der Waals surface area contributed by atoms with Gasteiger partial charge in [0.2, 0.25) is 15.9 Å². The van der Waals surface area contributed by atoms with E-state index in [1.165, 1.54) is 22.5 Å². The van der Waals surface area contributed by atoms with Gasteiger partial charge in [-0.1, -0.05) is 23.7 Å². The van der Waals surface area contributed by atoms with Crippen LogP contribution >= 0.6 is 11.6 Å². The molecule has 1 aliphatic heterocycles. The minimum absolute atomic E-state index is 0.0601. The summed E-state index contributed by atoms with van der Waals surface area (Å²) in [6.07, 6.45) is 0. The molecule has 0 radical (unpaired) electrons. The van der Waals surface area contributed by atoms with E-state index in [1.54, 1.807) is 18.2 Å². The van der Waals surface area contributed by atoms with E-state index in [4.69, 9.17) is 11.6 Å². The van der Waals surface area contributed by atoms with Gasteiger partial charge in [-0.3, -0.25) is 9.69 Å². The van der Waals surface area contributed by atoms with E-state index >= 15 is 0 Å². The highest BCUT2D eigenvalue weighted by atomic mass is 35.5. The maximum atomic E-state index is 13.4. The van der Waals surface area contributed by atoms with Crippen LogP contribution in [0.4, 0.5) is 10.1 Å². The minimum Gasteiger partial charge on any atom is -0.325 e. The molecular formula is C19H21ClFN3O3S. The Morgan fingerprint density at radius 2 is 1.82 bits per heavy atom. The van der Waals surface area contributed by atoms with E-state index < -0.39 is 15.8 Å². The van der Waals surface area contributed by atoms with Crippen LogP contribution in [0.3, 0.4) is 0 Å². The molecule has 1 saturated heterocycles. The van der Waals surface area contributed by atoms with Crippen LogP contribution in [-0.2, 0) is 14.8 Å². The third kappa shape index (κ3) is 4.70. The summed E-state index contributed by atoms with van der Waals surface area (Å²) in [4.78, 5) is 14.1. The fraction of sp³-hybridized carbons (Fsp3) is 0.316. The van der Waals surface area contributed by atoms with Crippen molar-refractivity contribution in [1.82, 2.24) is 9.21 Å². The summed E-state index contributed by atoms with van der Waals surface area (Å²) in [5, 5.41) is 3.41. The number of amides is 1. The average Bonchev–Trinajstić information content (AvgIpc) is 2.66. The number of nitrogens with one attached hydrogen (secondary N) is 1. The highest BCUT2D eigenvalue weighted by Gasteiger charge is 2.29. The number of rotatable bonds is 5. The van der Waals surface area contributed by atoms with Gasteiger partial charge in [0.1, 0.15) is 5.82 Å². The van der Waals surface area contributed by atoms with Crippen molar-refractivity contribution in [3.05, 3.63) is 58.9 Å². The smallest absolute Gasteiger partial charge is 0.243 e. The quantitative estimate of drug-likeness (QED) is 0.799. The number of carbonyl (C=O) groups excluding carboxylic acids is 1. The summed E-state index contributed by atoms with van der Waals surface area (Å²) in [7, 11) is -3.74. The first-order valence-electron chi connectivity index (χ1n) is 8.80. The average molecular weight is 426 g/mol. The number of nitrogens with zero attached hydrogens (tertiary/aromatic N) is 2. The van der Waals surface area contributed by atoms with Gasteiger partial charge in [-0.15, -0.1) is 0 Å². The molecule has 1 N–H and O–H groups in total. The van der Waals surface area contributed by atoms with Crippen LogP contribution in [0, 0.1) is 12.7 Å². The van der Waals surface area contributed by atoms with Crippen LogP contribution in [-0.4, -0.2) is 56.3 Å². The van der Waals surface area contributed by atoms with E-state index in [9.17, 15) is 17.6 Å². The van der Waals surface area contributed by atoms with Crippen LogP contribution < -0.4 is 5.32 Å². The molecular weight excluding hydrogens is 405 g/mol. The molecule has 0 saturated carbocycles. The highest BCUT2D eigenvalue weighted by molar-refractivity contribution is 7.89. The Morgan fingerprint density at radius 1 is 1.14 bits per heavy atom. The van der Waals surface area contributed by atoms with Gasteiger partial charge in [0.05, 0.1) is 11.4 Å². The molecule has 0 aliphatic carbocycles. The van der Waals surface area contributed by atoms with Gasteiger partial charge in [0, 0.05) is 36.9 Å². The summed E-state index contributed by atoms with van der Waals surface area (Å²) < 4.78 is 39.9. The zero-order valence-corrected chi connectivity index (χ0v) is 16.9. The Hall–Kier alpha value is -2.00. The van der Waals surface area contributed by atoms with Gasteiger partial charge in [-0.05, 0) is 42.8 Å². The molecule has 1 fully saturated rings. The number of anilines is 1. The number of halogens is 2. The van der Waals surface area contributed by atoms with E-state index in [0.717, 1.165) is 11.6 Å². The molecule has 0 bridgehead atoms. The van der Waals surface area contributed by atoms with Crippen molar-refractivity contribution in [2.75, 3.05) is 38.0 Å². The van der Waals surface area contributed by atoms with Crippen LogP contribution in [0.2, 0.25) is 5.02 Å². The van der Waals surface area contributed by atoms with Crippen molar-refractivity contribution in [2.45, 2.75) is 11.8 Å². The van der Waals surface area contributed by atoms with Crippen LogP contribution in [0.1, 0.15) is 5.56 Å². The molecule has 0 aromatic heterocycles. The zero-order valence-electron chi connectivity index (χ0n) is 15.4. The normalized spacial score (nSPS) is 16.1. The maximum absolute atomic E-state index is 13.4. The highest BCUT2D eigenvalue weighted by Crippen LogP contribution is 2.23. The molecule has 3 rings (SSSR count). The topological polar surface area (TPSA) is 69.7 Å². The third-order valence-electron chi connectivity index (χ3n) is 4.67. The van der Waals surface area contributed by atoms with Crippen molar-refractivity contribution in [3.63, 3.8) is 0 Å². The van der Waals surface area contributed by atoms with Crippen LogP contribution in [0.5, 0.6) is 0 Å². The van der Waals surface area contributed by atoms with Crippen molar-refractivity contribution in [2.24, 2.45) is 0 Å². The van der Waals surface area contributed by atoms with Gasteiger partial charge >= 0.3 is 0 Å². The van der Waals surface area contributed by atoms with Gasteiger partial charge in [-0.25, -0.2) is 12.8 Å². The standard InChI is InChI=1S/C19H21ClFN3O3S/c1-14-17(20)6-3-7-18(14)22-19(25)13-23-8-10-24(11-9-23)28(26,27)16-5-2-4-15(21)12-16/h2-7,12H,8-11,13H2,1H3,(H,22,25). The van der Waals surface area contributed by atoms with Crippen molar-refractivity contribution in [1.29, 1.82) is 0 Å². The van der Waals surface area contributed by atoms with Crippen LogP contribution in [0.15, 0.2) is 47.4 Å². The lowest BCUT2D eigenvalue weighted by Gasteiger charge is -2.33. The van der Waals surface area contributed by atoms with E-state index in [2.05, 4.69) is 5.32 Å². The summed E-state index contributed by atoms with van der Waals surface area (Å²) in [5.74, 6) is -0.778. The molecule has 2 aromatic carbocycles. The zero-order chi connectivity index (χ0) is 20.3. The lowest BCUT2D eigenvalue weighted by molar-refractivity contribution is -0.117. The third-order valence-corrected chi connectivity index (χ3v) is 6.98. The second-order valence-electron chi connectivity index (χ2n) is 6.60. The number of piperazine rings is 1. The second kappa shape index (κ2) is 8.57. The number of sulfonamides is 1. The molecule has 2 aromatic rings. The Morgan fingerprint density at radius 3 is 2.50 bits per heavy atom. The Labute approximate surface area is 168 Å². The number of carbonyl (C=O) groups is 1. The predicted molar refractivity (Wildman–Crippen MR) is 106 cm³/mol. The van der Waals surface area contributed by atoms with Crippen molar-refractivity contribution in [3.8, 4) is 0 Å². The molecule has 1 amide bonds. The molecule has 1 heterocycles. The van der Waals surface area contributed by atoms with Gasteiger partial charge in [0.25, 0.3) is 0 Å². The van der Waals surface area contributed by atoms with Crippen molar-refractivity contribution < 1.29 is 17.6 Å². The summed E-state index contributed by atoms with van der Waals surface area (Å²) in [6, 6.07) is 10.3. The molecule has 6 nitrogen and oxygen atoms in total. The minimum atomic E-state index is -3.74. The summed E-state index contributed by atoms with van der Waals surface area (Å²) in [5.41, 5.74) is 1.45. The summed E-state index contributed by atoms with van der Waals surface area (Å²) in [6.45, 7) is 3.28. The molecule has 0 spiro atoms. The lowest BCUT2D eigenvalue weighted by Crippen LogP contribution is -2.50. The fourth-order valence-electron chi connectivity index (χ4n) is 3.04. The molecule has 0 unspecified atom stereocenters. The van der Waals surface area contributed by atoms with E-state index in [-0.39, 0.29) is 30.4 Å². The molecule has 9 heteroatoms. The molecule has 28 heavy (non-hydrogen) atoms. The molecule has 1 aliphatic rings. The van der Waals surface area contributed by atoms with Gasteiger partial charge in [0.15, 0.2) is 0 Å². The molecule has 0 atom stereocenters. The Kier molecular flexibility index (Phi) is 6.34. The Bertz CT molecular complexity index is 976. The number of benzene rings is 2. The second-order valence-corrected chi connectivity index (χ2v) is 8.94. The first kappa shape index (κ1) is 20.7. The number of hydrogen-bond acceptors (Lipinski definition) is 4. The van der Waals surface area contributed by atoms with Gasteiger partial charge < -0.3 is 5.32 Å². The fourth-order valence-corrected chi connectivity index (χ4v) is 4.67. The van der Waals surface area contributed by atoms with E-state index in [1.807, 2.05) is 11.8 Å². The first-order chi connectivity index (χ1) is 13.3. The monoisotopic (exact) mass is 425 g/mol. The maximum Gasteiger partial charge on any atom is 0.243 e. The van der Waals surface area contributed by atoms with Crippen LogP contribution in [0.25, 0.3) is 0 Å². The summed E-state index contributed by atoms with van der Waals surface area (Å²) >= 11 is 6.06. The SMILES string of the molecule is Cc1c(Cl)cccc1NC(=O)CN1CCN(S(=O)(=O)c2cccc(F)c2)CC1. The lowest BCUT2D eigenvalue weighted by atomic mass is 10.2. The van der Waals surface area contributed by atoms with Gasteiger partial charge in [-0.2, -0.15) is 4.31 Å². The first-order valence-corrected chi connectivity index (χ1v) is 10.6. The predicted octanol–water partition coefficient (Wildman–Crippen LogP) is 2.73. The van der Waals surface area contributed by atoms with E-state index in [0.29, 0.717) is 23.8 Å². The number of hydrogen-bond donors (Lipinski definition) is 1. The van der Waals surface area contributed by atoms with Crippen molar-refractivity contribution >= 4 is 33.2 Å².